The SMILES string of the molecule is CCC(C)C(NC(=O)C(Cc1ccccc1)NC(=O)C(CO)NC(=O)C(N)Cc1ccccc1)C(=O)O. The third kappa shape index (κ3) is 9.32. The largest absolute Gasteiger partial charge is 0.480 e. The molecule has 2 aromatic carbocycles. The molecule has 0 saturated heterocycles. The van der Waals surface area contributed by atoms with Crippen LogP contribution in [0.15, 0.2) is 60.7 Å². The van der Waals surface area contributed by atoms with Crippen molar-refractivity contribution in [3.8, 4) is 0 Å². The molecule has 0 radical (unpaired) electrons. The van der Waals surface area contributed by atoms with E-state index in [2.05, 4.69) is 16.0 Å². The molecule has 0 bridgehead atoms. The highest BCUT2D eigenvalue weighted by Crippen LogP contribution is 2.10. The predicted octanol–water partition coefficient (Wildman–Crippen LogP) is 0.377. The third-order valence-electron chi connectivity index (χ3n) is 6.14. The van der Waals surface area contributed by atoms with E-state index >= 15 is 0 Å². The van der Waals surface area contributed by atoms with Crippen LogP contribution in [-0.2, 0) is 32.0 Å². The smallest absolute Gasteiger partial charge is 0.326 e. The van der Waals surface area contributed by atoms with E-state index in [-0.39, 0.29) is 18.8 Å². The lowest BCUT2D eigenvalue weighted by Crippen LogP contribution is -2.59. The molecule has 10 heteroatoms. The Labute approximate surface area is 216 Å². The van der Waals surface area contributed by atoms with E-state index in [1.54, 1.807) is 37.3 Å². The topological polar surface area (TPSA) is 171 Å². The molecule has 37 heavy (non-hydrogen) atoms. The molecule has 0 aliphatic carbocycles. The number of hydrogen-bond donors (Lipinski definition) is 6. The van der Waals surface area contributed by atoms with Crippen LogP contribution in [0.1, 0.15) is 31.4 Å². The van der Waals surface area contributed by atoms with Crippen molar-refractivity contribution in [1.82, 2.24) is 16.0 Å². The van der Waals surface area contributed by atoms with E-state index in [4.69, 9.17) is 5.73 Å². The van der Waals surface area contributed by atoms with Gasteiger partial charge in [0.25, 0.3) is 0 Å². The molecule has 3 amide bonds. The first kappa shape index (κ1) is 29.5. The summed E-state index contributed by atoms with van der Waals surface area (Å²) in [5, 5.41) is 26.8. The van der Waals surface area contributed by atoms with Gasteiger partial charge in [-0.2, -0.15) is 0 Å². The average Bonchev–Trinajstić information content (AvgIpc) is 2.90. The number of carbonyl (C=O) groups excluding carboxylic acids is 3. The Morgan fingerprint density at radius 1 is 0.784 bits per heavy atom. The van der Waals surface area contributed by atoms with Crippen LogP contribution in [0.3, 0.4) is 0 Å². The number of hydrogen-bond acceptors (Lipinski definition) is 6. The average molecular weight is 513 g/mol. The van der Waals surface area contributed by atoms with Crippen LogP contribution in [0.4, 0.5) is 0 Å². The molecule has 0 aromatic heterocycles. The van der Waals surface area contributed by atoms with E-state index in [9.17, 15) is 29.4 Å². The van der Waals surface area contributed by atoms with Crippen molar-refractivity contribution in [2.45, 2.75) is 57.3 Å². The van der Waals surface area contributed by atoms with Crippen molar-refractivity contribution in [3.63, 3.8) is 0 Å². The number of benzene rings is 2. The summed E-state index contributed by atoms with van der Waals surface area (Å²) in [6.07, 6.45) is 0.831. The van der Waals surface area contributed by atoms with Crippen LogP contribution >= 0.6 is 0 Å². The zero-order valence-corrected chi connectivity index (χ0v) is 21.1. The van der Waals surface area contributed by atoms with Crippen molar-refractivity contribution in [1.29, 1.82) is 0 Å². The Balaban J connectivity index is 2.13. The Morgan fingerprint density at radius 3 is 1.76 bits per heavy atom. The first-order valence-electron chi connectivity index (χ1n) is 12.2. The van der Waals surface area contributed by atoms with Gasteiger partial charge in [-0.05, 0) is 23.5 Å². The summed E-state index contributed by atoms with van der Waals surface area (Å²) in [5.41, 5.74) is 7.55. The molecule has 7 N–H and O–H groups in total. The maximum absolute atomic E-state index is 13.1. The van der Waals surface area contributed by atoms with E-state index in [1.807, 2.05) is 37.3 Å². The number of nitrogens with two attached hydrogens (primary N) is 1. The van der Waals surface area contributed by atoms with E-state index < -0.39 is 54.5 Å². The fourth-order valence-electron chi connectivity index (χ4n) is 3.70. The number of aliphatic hydroxyl groups is 1. The lowest BCUT2D eigenvalue weighted by atomic mass is 9.98. The molecule has 0 saturated carbocycles. The third-order valence-corrected chi connectivity index (χ3v) is 6.14. The molecule has 2 aromatic rings. The molecule has 0 aliphatic heterocycles. The monoisotopic (exact) mass is 512 g/mol. The zero-order chi connectivity index (χ0) is 27.4. The lowest BCUT2D eigenvalue weighted by molar-refractivity contribution is -0.143. The maximum atomic E-state index is 13.1. The van der Waals surface area contributed by atoms with Crippen LogP contribution in [0.5, 0.6) is 0 Å². The van der Waals surface area contributed by atoms with Gasteiger partial charge in [0, 0.05) is 6.42 Å². The van der Waals surface area contributed by atoms with Crippen molar-refractivity contribution in [3.05, 3.63) is 71.8 Å². The number of rotatable bonds is 14. The van der Waals surface area contributed by atoms with Crippen molar-refractivity contribution >= 4 is 23.7 Å². The number of carboxylic acid groups (broad SMARTS) is 1. The van der Waals surface area contributed by atoms with Crippen LogP contribution in [0.2, 0.25) is 0 Å². The van der Waals surface area contributed by atoms with Gasteiger partial charge in [0.1, 0.15) is 18.1 Å². The Bertz CT molecular complexity index is 1030. The van der Waals surface area contributed by atoms with Crippen LogP contribution in [0, 0.1) is 5.92 Å². The summed E-state index contributed by atoms with van der Waals surface area (Å²) in [5.74, 6) is -3.64. The van der Waals surface area contributed by atoms with E-state index in [0.717, 1.165) is 11.1 Å². The minimum Gasteiger partial charge on any atom is -0.480 e. The highest BCUT2D eigenvalue weighted by atomic mass is 16.4. The fraction of sp³-hybridized carbons (Fsp3) is 0.407. The van der Waals surface area contributed by atoms with Crippen LogP contribution < -0.4 is 21.7 Å². The molecule has 200 valence electrons. The molecule has 0 spiro atoms. The zero-order valence-electron chi connectivity index (χ0n) is 21.1. The summed E-state index contributed by atoms with van der Waals surface area (Å²) < 4.78 is 0. The predicted molar refractivity (Wildman–Crippen MR) is 138 cm³/mol. The standard InChI is InChI=1S/C27H36N4O6/c1-3-17(2)23(27(36)37)31-25(34)21(15-19-12-8-5-9-13-19)29-26(35)22(16-32)30-24(33)20(28)14-18-10-6-4-7-11-18/h4-13,17,20-23,32H,3,14-16,28H2,1-2H3,(H,29,35)(H,30,33)(H,31,34)(H,36,37). The molecular weight excluding hydrogens is 476 g/mol. The molecule has 0 heterocycles. The van der Waals surface area contributed by atoms with Gasteiger partial charge in [-0.1, -0.05) is 80.9 Å². The van der Waals surface area contributed by atoms with Gasteiger partial charge in [0.05, 0.1) is 12.6 Å². The van der Waals surface area contributed by atoms with Gasteiger partial charge in [0.15, 0.2) is 0 Å². The van der Waals surface area contributed by atoms with Gasteiger partial charge in [-0.3, -0.25) is 14.4 Å². The number of aliphatic carboxylic acids is 1. The molecular formula is C27H36N4O6. The number of aliphatic hydroxyl groups excluding tert-OH is 1. The maximum Gasteiger partial charge on any atom is 0.326 e. The van der Waals surface area contributed by atoms with Crippen LogP contribution in [0.25, 0.3) is 0 Å². The number of nitrogens with one attached hydrogen (secondary N) is 3. The van der Waals surface area contributed by atoms with Crippen molar-refractivity contribution in [2.75, 3.05) is 6.61 Å². The summed E-state index contributed by atoms with van der Waals surface area (Å²) in [6.45, 7) is 2.80. The van der Waals surface area contributed by atoms with Crippen molar-refractivity contribution in [2.24, 2.45) is 11.7 Å². The van der Waals surface area contributed by atoms with Gasteiger partial charge < -0.3 is 31.9 Å². The van der Waals surface area contributed by atoms with Gasteiger partial charge in [-0.25, -0.2) is 4.79 Å². The fourth-order valence-corrected chi connectivity index (χ4v) is 3.70. The second-order valence-corrected chi connectivity index (χ2v) is 9.00. The van der Waals surface area contributed by atoms with Crippen LogP contribution in [-0.4, -0.2) is 64.7 Å². The normalized spacial score (nSPS) is 14.9. The first-order valence-corrected chi connectivity index (χ1v) is 12.2. The summed E-state index contributed by atoms with van der Waals surface area (Å²) in [4.78, 5) is 50.4. The number of carbonyl (C=O) groups is 4. The molecule has 0 fully saturated rings. The molecule has 0 aliphatic rings. The van der Waals surface area contributed by atoms with E-state index in [1.165, 1.54) is 0 Å². The Morgan fingerprint density at radius 2 is 1.27 bits per heavy atom. The minimum atomic E-state index is -1.36. The minimum absolute atomic E-state index is 0.0743. The molecule has 10 nitrogen and oxygen atoms in total. The summed E-state index contributed by atoms with van der Waals surface area (Å²) >= 11 is 0. The van der Waals surface area contributed by atoms with Crippen molar-refractivity contribution < 1.29 is 29.4 Å². The Kier molecular flexibility index (Phi) is 11.7. The quantitative estimate of drug-likeness (QED) is 0.212. The highest BCUT2D eigenvalue weighted by molar-refractivity contribution is 5.94. The molecule has 2 rings (SSSR count). The lowest BCUT2D eigenvalue weighted by Gasteiger charge is -2.26. The number of carboxylic acids is 1. The molecule has 5 unspecified atom stereocenters. The summed E-state index contributed by atoms with van der Waals surface area (Å²) in [7, 11) is 0. The second-order valence-electron chi connectivity index (χ2n) is 9.00. The molecule has 5 atom stereocenters. The van der Waals surface area contributed by atoms with Gasteiger partial charge in [-0.15, -0.1) is 0 Å². The Hall–Kier alpha value is -3.76. The second kappa shape index (κ2) is 14.7. The van der Waals surface area contributed by atoms with Gasteiger partial charge in [0.2, 0.25) is 17.7 Å². The number of amides is 3. The summed E-state index contributed by atoms with van der Waals surface area (Å²) in [6, 6.07) is 13.4. The van der Waals surface area contributed by atoms with E-state index in [0.29, 0.717) is 6.42 Å². The van der Waals surface area contributed by atoms with Gasteiger partial charge >= 0.3 is 5.97 Å². The first-order chi connectivity index (χ1) is 17.7. The highest BCUT2D eigenvalue weighted by Gasteiger charge is 2.32.